The summed E-state index contributed by atoms with van der Waals surface area (Å²) in [6.45, 7) is 3.98. The number of allylic oxidation sites excluding steroid dienone is 14. The maximum atomic E-state index is 12.2. The highest BCUT2D eigenvalue weighted by Gasteiger charge is 2.16. The molecule has 5 heteroatoms. The summed E-state index contributed by atoms with van der Waals surface area (Å²) in [6.07, 6.45) is 62.5. The van der Waals surface area contributed by atoms with Gasteiger partial charge in [-0.15, -0.1) is 0 Å². The number of aliphatic hydroxyl groups excluding tert-OH is 1. The summed E-state index contributed by atoms with van der Waals surface area (Å²) in [5.41, 5.74) is 0. The van der Waals surface area contributed by atoms with Gasteiger partial charge in [-0.25, -0.2) is 0 Å². The van der Waals surface area contributed by atoms with E-state index in [1.807, 2.05) is 0 Å². The molecule has 0 radical (unpaired) electrons. The molecule has 314 valence electrons. The molecule has 0 rings (SSSR count). The van der Waals surface area contributed by atoms with Gasteiger partial charge in [-0.1, -0.05) is 202 Å². The van der Waals surface area contributed by atoms with Gasteiger partial charge in [-0.2, -0.15) is 0 Å². The van der Waals surface area contributed by atoms with Crippen molar-refractivity contribution in [1.82, 2.24) is 0 Å². The summed E-state index contributed by atoms with van der Waals surface area (Å²) in [4.78, 5) is 24.2. The summed E-state index contributed by atoms with van der Waals surface area (Å²) >= 11 is 0. The van der Waals surface area contributed by atoms with Gasteiger partial charge in [0.15, 0.2) is 6.10 Å². The highest BCUT2D eigenvalue weighted by atomic mass is 16.6. The zero-order valence-corrected chi connectivity index (χ0v) is 35.7. The topological polar surface area (TPSA) is 72.8 Å². The Labute approximate surface area is 339 Å². The van der Waals surface area contributed by atoms with Crippen LogP contribution in [0.3, 0.4) is 0 Å². The lowest BCUT2D eigenvalue weighted by Gasteiger charge is -2.15. The second-order valence-electron chi connectivity index (χ2n) is 14.8. The van der Waals surface area contributed by atoms with E-state index >= 15 is 0 Å². The predicted molar refractivity (Wildman–Crippen MR) is 237 cm³/mol. The van der Waals surface area contributed by atoms with Crippen molar-refractivity contribution in [3.8, 4) is 0 Å². The van der Waals surface area contributed by atoms with Crippen LogP contribution in [0.15, 0.2) is 85.1 Å². The molecule has 5 nitrogen and oxygen atoms in total. The Morgan fingerprint density at radius 1 is 0.436 bits per heavy atom. The van der Waals surface area contributed by atoms with Crippen LogP contribution in [0.4, 0.5) is 0 Å². The van der Waals surface area contributed by atoms with E-state index < -0.39 is 6.10 Å². The van der Waals surface area contributed by atoms with E-state index in [0.29, 0.717) is 12.8 Å². The molecule has 0 heterocycles. The molecule has 0 spiro atoms. The van der Waals surface area contributed by atoms with Gasteiger partial charge < -0.3 is 14.6 Å². The van der Waals surface area contributed by atoms with E-state index in [2.05, 4.69) is 98.9 Å². The predicted octanol–water partition coefficient (Wildman–Crippen LogP) is 14.7. The van der Waals surface area contributed by atoms with Gasteiger partial charge in [0.05, 0.1) is 6.61 Å². The number of ether oxygens (including phenoxy) is 2. The summed E-state index contributed by atoms with van der Waals surface area (Å²) < 4.78 is 10.6. The molecule has 1 atom stereocenters. The number of carbonyl (C=O) groups excluding carboxylic acids is 2. The third kappa shape index (κ3) is 43.7. The van der Waals surface area contributed by atoms with Crippen LogP contribution in [-0.2, 0) is 19.1 Å². The molecule has 0 fully saturated rings. The summed E-state index contributed by atoms with van der Waals surface area (Å²) in [5, 5.41) is 9.54. The number of aliphatic hydroxyl groups is 1. The smallest absolute Gasteiger partial charge is 0.306 e. The zero-order valence-electron chi connectivity index (χ0n) is 35.7. The lowest BCUT2D eigenvalue weighted by molar-refractivity contribution is -0.161. The zero-order chi connectivity index (χ0) is 40.0. The fraction of sp³-hybridized carbons (Fsp3) is 0.680. The standard InChI is InChI=1S/C50H84O5/c1-3-5-7-9-11-13-14-15-16-17-18-19-20-21-22-23-24-25-26-27-28-29-30-31-32-33-34-35-36-37-39-41-43-45-50(53)55-48(46-51)47-54-49(52)44-42-40-38-12-10-8-6-4-2/h5,7,11,13,15-16,18-19,21-22,24-25,27-28,48,51H,3-4,6,8-10,12,14,17,20,23,26,29-47H2,1-2H3/b7-5-,13-11-,16-15-,19-18-,22-21-,25-24-,28-27-. The minimum absolute atomic E-state index is 0.0686. The first-order valence-electron chi connectivity index (χ1n) is 22.6. The molecule has 1 N–H and O–H groups in total. The Balaban J connectivity index is 3.54. The van der Waals surface area contributed by atoms with E-state index in [9.17, 15) is 14.7 Å². The number of hydrogen-bond donors (Lipinski definition) is 1. The Hall–Kier alpha value is -2.92. The minimum atomic E-state index is -0.773. The molecule has 0 saturated carbocycles. The molecule has 1 unspecified atom stereocenters. The van der Waals surface area contributed by atoms with Crippen LogP contribution in [0, 0.1) is 0 Å². The third-order valence-electron chi connectivity index (χ3n) is 9.45. The van der Waals surface area contributed by atoms with Crippen molar-refractivity contribution in [1.29, 1.82) is 0 Å². The first-order valence-corrected chi connectivity index (χ1v) is 22.6. The fourth-order valence-electron chi connectivity index (χ4n) is 6.06. The first kappa shape index (κ1) is 52.1. The van der Waals surface area contributed by atoms with Crippen molar-refractivity contribution in [2.24, 2.45) is 0 Å². The van der Waals surface area contributed by atoms with Crippen LogP contribution in [0.25, 0.3) is 0 Å². The number of carbonyl (C=O) groups is 2. The number of hydrogen-bond acceptors (Lipinski definition) is 5. The number of esters is 2. The van der Waals surface area contributed by atoms with Gasteiger partial charge in [0.25, 0.3) is 0 Å². The third-order valence-corrected chi connectivity index (χ3v) is 9.45. The molecule has 0 aromatic rings. The molecule has 0 saturated heterocycles. The monoisotopic (exact) mass is 765 g/mol. The van der Waals surface area contributed by atoms with Crippen molar-refractivity contribution < 1.29 is 24.2 Å². The first-order chi connectivity index (χ1) is 27.1. The van der Waals surface area contributed by atoms with Crippen LogP contribution in [-0.4, -0.2) is 36.4 Å². The Kier molecular flexibility index (Phi) is 43.1. The second-order valence-corrected chi connectivity index (χ2v) is 14.8. The average Bonchev–Trinajstić information content (AvgIpc) is 3.19. The molecule has 0 aliphatic heterocycles. The van der Waals surface area contributed by atoms with Crippen molar-refractivity contribution in [3.05, 3.63) is 85.1 Å². The summed E-state index contributed by atoms with van der Waals surface area (Å²) in [6, 6.07) is 0. The summed E-state index contributed by atoms with van der Waals surface area (Å²) in [7, 11) is 0. The van der Waals surface area contributed by atoms with E-state index in [4.69, 9.17) is 9.47 Å². The SMILES string of the molecule is CC/C=C\C/C=C\C/C=C\C/C=C\C/C=C\C/C=C\C/C=C\CCCCCCCCCCCCCC(=O)OC(CO)COC(=O)CCCCCCCCCC. The molecule has 0 aromatic carbocycles. The van der Waals surface area contributed by atoms with Gasteiger partial charge in [-0.3, -0.25) is 9.59 Å². The molecular formula is C50H84O5. The van der Waals surface area contributed by atoms with Gasteiger partial charge in [-0.05, 0) is 70.6 Å². The van der Waals surface area contributed by atoms with Crippen LogP contribution >= 0.6 is 0 Å². The van der Waals surface area contributed by atoms with E-state index in [0.717, 1.165) is 83.5 Å². The maximum Gasteiger partial charge on any atom is 0.306 e. The Bertz CT molecular complexity index is 1050. The van der Waals surface area contributed by atoms with E-state index in [1.165, 1.54) is 89.9 Å². The van der Waals surface area contributed by atoms with Gasteiger partial charge in [0.2, 0.25) is 0 Å². The quantitative estimate of drug-likeness (QED) is 0.0382. The lowest BCUT2D eigenvalue weighted by atomic mass is 10.0. The highest BCUT2D eigenvalue weighted by Crippen LogP contribution is 2.14. The molecular weight excluding hydrogens is 681 g/mol. The molecule has 0 aliphatic rings. The van der Waals surface area contributed by atoms with Gasteiger partial charge in [0, 0.05) is 12.8 Å². The summed E-state index contributed by atoms with van der Waals surface area (Å²) in [5.74, 6) is -0.601. The normalized spacial score (nSPS) is 13.0. The average molecular weight is 765 g/mol. The molecule has 0 aliphatic carbocycles. The van der Waals surface area contributed by atoms with Crippen molar-refractivity contribution in [2.45, 2.75) is 206 Å². The van der Waals surface area contributed by atoms with Crippen LogP contribution in [0.1, 0.15) is 200 Å². The van der Waals surface area contributed by atoms with Crippen molar-refractivity contribution >= 4 is 11.9 Å². The van der Waals surface area contributed by atoms with Gasteiger partial charge in [0.1, 0.15) is 6.61 Å². The van der Waals surface area contributed by atoms with Gasteiger partial charge >= 0.3 is 11.9 Å². The molecule has 0 bridgehead atoms. The largest absolute Gasteiger partial charge is 0.462 e. The van der Waals surface area contributed by atoms with Crippen LogP contribution in [0.5, 0.6) is 0 Å². The highest BCUT2D eigenvalue weighted by molar-refractivity contribution is 5.70. The Morgan fingerprint density at radius 3 is 1.18 bits per heavy atom. The molecule has 55 heavy (non-hydrogen) atoms. The molecule has 0 amide bonds. The van der Waals surface area contributed by atoms with E-state index in [1.54, 1.807) is 0 Å². The number of unbranched alkanes of at least 4 members (excludes halogenated alkanes) is 18. The van der Waals surface area contributed by atoms with Crippen LogP contribution in [0.2, 0.25) is 0 Å². The van der Waals surface area contributed by atoms with Crippen molar-refractivity contribution in [2.75, 3.05) is 13.2 Å². The molecule has 0 aromatic heterocycles. The van der Waals surface area contributed by atoms with Crippen LogP contribution < -0.4 is 0 Å². The van der Waals surface area contributed by atoms with Crippen molar-refractivity contribution in [3.63, 3.8) is 0 Å². The fourth-order valence-corrected chi connectivity index (χ4v) is 6.06. The second kappa shape index (κ2) is 45.5. The Morgan fingerprint density at radius 2 is 0.782 bits per heavy atom. The minimum Gasteiger partial charge on any atom is -0.462 e. The lowest BCUT2D eigenvalue weighted by Crippen LogP contribution is -2.28. The van der Waals surface area contributed by atoms with E-state index in [-0.39, 0.29) is 25.2 Å². The number of rotatable bonds is 40. The maximum absolute atomic E-state index is 12.2.